The monoisotopic (exact) mass is 354 g/mol. The lowest BCUT2D eigenvalue weighted by atomic mass is 9.84. The molecule has 0 saturated heterocycles. The average molecular weight is 354 g/mol. The van der Waals surface area contributed by atoms with Crippen molar-refractivity contribution in [2.45, 2.75) is 82.8 Å². The second kappa shape index (κ2) is 7.42. The second-order valence-electron chi connectivity index (χ2n) is 8.37. The topological polar surface area (TPSA) is 49.4 Å². The highest BCUT2D eigenvalue weighted by molar-refractivity contribution is 6.05. The van der Waals surface area contributed by atoms with E-state index in [-0.39, 0.29) is 23.9 Å². The van der Waals surface area contributed by atoms with E-state index in [1.165, 1.54) is 25.7 Å². The van der Waals surface area contributed by atoms with Crippen LogP contribution < -0.4 is 5.32 Å². The van der Waals surface area contributed by atoms with E-state index < -0.39 is 6.04 Å². The van der Waals surface area contributed by atoms with Gasteiger partial charge in [0, 0.05) is 17.6 Å². The highest BCUT2D eigenvalue weighted by Crippen LogP contribution is 2.40. The third-order valence-electron chi connectivity index (χ3n) is 6.62. The van der Waals surface area contributed by atoms with E-state index in [0.29, 0.717) is 11.5 Å². The zero-order chi connectivity index (χ0) is 18.1. The van der Waals surface area contributed by atoms with Gasteiger partial charge in [0.05, 0.1) is 0 Å². The number of amides is 2. The molecule has 4 nitrogen and oxygen atoms in total. The maximum absolute atomic E-state index is 13.3. The van der Waals surface area contributed by atoms with Crippen LogP contribution in [0.5, 0.6) is 0 Å². The third-order valence-corrected chi connectivity index (χ3v) is 6.62. The molecule has 140 valence electrons. The fourth-order valence-electron chi connectivity index (χ4n) is 5.18. The molecule has 26 heavy (non-hydrogen) atoms. The minimum atomic E-state index is -0.453. The average Bonchev–Trinajstić information content (AvgIpc) is 2.96. The molecular weight excluding hydrogens is 324 g/mol. The summed E-state index contributed by atoms with van der Waals surface area (Å²) in [7, 11) is 0. The van der Waals surface area contributed by atoms with Gasteiger partial charge in [0.15, 0.2) is 0 Å². The third kappa shape index (κ3) is 3.15. The highest BCUT2D eigenvalue weighted by Gasteiger charge is 2.46. The summed E-state index contributed by atoms with van der Waals surface area (Å²) in [5.74, 6) is 0.517. The zero-order valence-electron chi connectivity index (χ0n) is 15.7. The van der Waals surface area contributed by atoms with Crippen LogP contribution in [-0.2, 0) is 4.79 Å². The zero-order valence-corrected chi connectivity index (χ0v) is 15.7. The van der Waals surface area contributed by atoms with Gasteiger partial charge in [0.1, 0.15) is 6.04 Å². The standard InChI is InChI=1S/C22H30N2O2/c1-15-9-5-8-14-19(15)24-20(17-12-6-7-13-18(17)22(24)26)21(25)23-16-10-3-2-4-11-16/h6-7,12-13,15-16,19-20H,2-5,8-11,14H2,1H3,(H,23,25)/t15-,19+,20-/m1/s1. The molecule has 2 aliphatic carbocycles. The van der Waals surface area contributed by atoms with E-state index in [4.69, 9.17) is 0 Å². The molecule has 3 atom stereocenters. The van der Waals surface area contributed by atoms with Crippen LogP contribution in [0, 0.1) is 5.92 Å². The fraction of sp³-hybridized carbons (Fsp3) is 0.636. The number of hydrogen-bond acceptors (Lipinski definition) is 2. The summed E-state index contributed by atoms with van der Waals surface area (Å²) in [5, 5.41) is 3.27. The van der Waals surface area contributed by atoms with E-state index in [1.807, 2.05) is 29.2 Å². The molecule has 2 fully saturated rings. The first-order valence-corrected chi connectivity index (χ1v) is 10.4. The number of rotatable bonds is 3. The number of carbonyl (C=O) groups is 2. The SMILES string of the molecule is C[C@@H]1CCCC[C@@H]1N1C(=O)c2ccccc2[C@@H]1C(=O)NC1CCCCC1. The van der Waals surface area contributed by atoms with Gasteiger partial charge < -0.3 is 10.2 Å². The molecule has 2 saturated carbocycles. The molecule has 2 amide bonds. The molecule has 4 rings (SSSR count). The van der Waals surface area contributed by atoms with Gasteiger partial charge in [-0.25, -0.2) is 0 Å². The van der Waals surface area contributed by atoms with Crippen molar-refractivity contribution < 1.29 is 9.59 Å². The molecule has 0 unspecified atom stereocenters. The maximum atomic E-state index is 13.3. The predicted molar refractivity (Wildman–Crippen MR) is 102 cm³/mol. The van der Waals surface area contributed by atoms with Crippen molar-refractivity contribution in [3.8, 4) is 0 Å². The molecule has 0 bridgehead atoms. The van der Waals surface area contributed by atoms with E-state index in [9.17, 15) is 9.59 Å². The quantitative estimate of drug-likeness (QED) is 0.884. The molecule has 4 heteroatoms. The molecule has 0 radical (unpaired) electrons. The van der Waals surface area contributed by atoms with Crippen molar-refractivity contribution in [3.05, 3.63) is 35.4 Å². The van der Waals surface area contributed by atoms with Gasteiger partial charge in [-0.05, 0) is 43.2 Å². The van der Waals surface area contributed by atoms with Crippen LogP contribution in [0.2, 0.25) is 0 Å². The van der Waals surface area contributed by atoms with Crippen LogP contribution in [-0.4, -0.2) is 28.8 Å². The summed E-state index contributed by atoms with van der Waals surface area (Å²) in [6.45, 7) is 2.23. The number of benzene rings is 1. The van der Waals surface area contributed by atoms with Crippen LogP contribution in [0.4, 0.5) is 0 Å². The normalized spacial score (nSPS) is 29.5. The summed E-state index contributed by atoms with van der Waals surface area (Å²) in [5.41, 5.74) is 1.61. The first kappa shape index (κ1) is 17.6. The molecule has 1 aromatic rings. The van der Waals surface area contributed by atoms with Gasteiger partial charge in [0.2, 0.25) is 5.91 Å². The van der Waals surface area contributed by atoms with Crippen LogP contribution in [0.1, 0.15) is 86.7 Å². The molecule has 1 N–H and O–H groups in total. The van der Waals surface area contributed by atoms with Crippen molar-refractivity contribution >= 4 is 11.8 Å². The Morgan fingerprint density at radius 1 is 1.00 bits per heavy atom. The molecule has 3 aliphatic rings. The Balaban J connectivity index is 1.63. The maximum Gasteiger partial charge on any atom is 0.255 e. The lowest BCUT2D eigenvalue weighted by molar-refractivity contribution is -0.127. The Bertz CT molecular complexity index is 680. The number of carbonyl (C=O) groups excluding carboxylic acids is 2. The summed E-state index contributed by atoms with van der Waals surface area (Å²) in [6.07, 6.45) is 10.3. The lowest BCUT2D eigenvalue weighted by Crippen LogP contribution is -2.49. The lowest BCUT2D eigenvalue weighted by Gasteiger charge is -2.39. The molecule has 0 aromatic heterocycles. The number of hydrogen-bond donors (Lipinski definition) is 1. The van der Waals surface area contributed by atoms with E-state index in [1.54, 1.807) is 0 Å². The van der Waals surface area contributed by atoms with Gasteiger partial charge in [-0.15, -0.1) is 0 Å². The number of nitrogens with one attached hydrogen (secondary N) is 1. The Hall–Kier alpha value is -1.84. The van der Waals surface area contributed by atoms with Gasteiger partial charge in [-0.2, -0.15) is 0 Å². The Labute approximate surface area is 156 Å². The molecular formula is C22H30N2O2. The largest absolute Gasteiger partial charge is 0.351 e. The summed E-state index contributed by atoms with van der Waals surface area (Å²) in [4.78, 5) is 28.4. The van der Waals surface area contributed by atoms with Gasteiger partial charge in [-0.1, -0.05) is 57.2 Å². The molecule has 1 heterocycles. The van der Waals surface area contributed by atoms with Crippen LogP contribution >= 0.6 is 0 Å². The Morgan fingerprint density at radius 3 is 2.46 bits per heavy atom. The highest BCUT2D eigenvalue weighted by atomic mass is 16.2. The number of fused-ring (bicyclic) bond motifs is 1. The number of nitrogens with zero attached hydrogens (tertiary/aromatic N) is 1. The Kier molecular flexibility index (Phi) is 5.01. The van der Waals surface area contributed by atoms with Crippen LogP contribution in [0.3, 0.4) is 0 Å². The molecule has 0 spiro atoms. The van der Waals surface area contributed by atoms with Crippen molar-refractivity contribution in [2.24, 2.45) is 5.92 Å². The van der Waals surface area contributed by atoms with Crippen LogP contribution in [0.25, 0.3) is 0 Å². The predicted octanol–water partition coefficient (Wildman–Crippen LogP) is 4.21. The van der Waals surface area contributed by atoms with Crippen molar-refractivity contribution in [1.29, 1.82) is 0 Å². The fourth-order valence-corrected chi connectivity index (χ4v) is 5.18. The first-order valence-electron chi connectivity index (χ1n) is 10.4. The molecule has 1 aromatic carbocycles. The van der Waals surface area contributed by atoms with E-state index >= 15 is 0 Å². The van der Waals surface area contributed by atoms with Crippen molar-refractivity contribution in [2.75, 3.05) is 0 Å². The van der Waals surface area contributed by atoms with E-state index in [0.717, 1.165) is 37.7 Å². The second-order valence-corrected chi connectivity index (χ2v) is 8.37. The van der Waals surface area contributed by atoms with Crippen molar-refractivity contribution in [1.82, 2.24) is 10.2 Å². The van der Waals surface area contributed by atoms with E-state index in [2.05, 4.69) is 12.2 Å². The van der Waals surface area contributed by atoms with Gasteiger partial charge in [-0.3, -0.25) is 9.59 Å². The minimum absolute atomic E-state index is 0.0213. The van der Waals surface area contributed by atoms with Crippen molar-refractivity contribution in [3.63, 3.8) is 0 Å². The summed E-state index contributed by atoms with van der Waals surface area (Å²) < 4.78 is 0. The van der Waals surface area contributed by atoms with Gasteiger partial charge >= 0.3 is 0 Å². The Morgan fingerprint density at radius 2 is 1.69 bits per heavy atom. The minimum Gasteiger partial charge on any atom is -0.351 e. The van der Waals surface area contributed by atoms with Crippen LogP contribution in [0.15, 0.2) is 24.3 Å². The van der Waals surface area contributed by atoms with Gasteiger partial charge in [0.25, 0.3) is 5.91 Å². The smallest absolute Gasteiger partial charge is 0.255 e. The first-order chi connectivity index (χ1) is 12.7. The molecule has 1 aliphatic heterocycles. The summed E-state index contributed by atoms with van der Waals surface area (Å²) in [6, 6.07) is 7.68. The summed E-state index contributed by atoms with van der Waals surface area (Å²) >= 11 is 0.